The zero-order valence-electron chi connectivity index (χ0n) is 18.2. The molecule has 2 aromatic heterocycles. The lowest BCUT2D eigenvalue weighted by atomic mass is 9.97. The van der Waals surface area contributed by atoms with Crippen molar-refractivity contribution < 1.29 is 14.3 Å². The average Bonchev–Trinajstić information content (AvgIpc) is 2.89. The van der Waals surface area contributed by atoms with Crippen LogP contribution in [0.1, 0.15) is 17.2 Å². The van der Waals surface area contributed by atoms with E-state index in [9.17, 15) is 4.79 Å². The van der Waals surface area contributed by atoms with Crippen molar-refractivity contribution in [3.63, 3.8) is 0 Å². The van der Waals surface area contributed by atoms with Crippen LogP contribution in [0, 0.1) is 0 Å². The quantitative estimate of drug-likeness (QED) is 0.556. The summed E-state index contributed by atoms with van der Waals surface area (Å²) in [6.45, 7) is 3.24. The van der Waals surface area contributed by atoms with Crippen LogP contribution in [0.5, 0.6) is 5.88 Å². The molecular weight excluding hydrogens is 420 g/mol. The molecule has 2 N–H and O–H groups in total. The molecular formula is C24H24N6O3. The third-order valence-electron chi connectivity index (χ3n) is 5.73. The summed E-state index contributed by atoms with van der Waals surface area (Å²) < 4.78 is 10.8. The van der Waals surface area contributed by atoms with Crippen molar-refractivity contribution in [2.24, 2.45) is 0 Å². The molecule has 1 unspecified atom stereocenters. The van der Waals surface area contributed by atoms with Gasteiger partial charge in [-0.25, -0.2) is 15.0 Å². The number of hydrogen-bond acceptors (Lipinski definition) is 9. The van der Waals surface area contributed by atoms with E-state index in [1.807, 2.05) is 24.3 Å². The van der Waals surface area contributed by atoms with E-state index in [2.05, 4.69) is 37.6 Å². The van der Waals surface area contributed by atoms with Gasteiger partial charge in [-0.2, -0.15) is 0 Å². The van der Waals surface area contributed by atoms with Crippen LogP contribution in [0.2, 0.25) is 0 Å². The van der Waals surface area contributed by atoms with Gasteiger partial charge in [0.2, 0.25) is 5.88 Å². The van der Waals surface area contributed by atoms with Gasteiger partial charge in [-0.05, 0) is 48.2 Å². The van der Waals surface area contributed by atoms with Crippen LogP contribution >= 0.6 is 0 Å². The van der Waals surface area contributed by atoms with Gasteiger partial charge in [-0.1, -0.05) is 0 Å². The minimum absolute atomic E-state index is 0.433. The SMILES string of the molecule is COc1ncncc1-c1cc2c(c(Nc3ccc(N4CCOCC4)cc3)n1)C(C=O)NC=C2. The second kappa shape index (κ2) is 9.25. The minimum atomic E-state index is -0.504. The van der Waals surface area contributed by atoms with Gasteiger partial charge in [-0.15, -0.1) is 0 Å². The second-order valence-corrected chi connectivity index (χ2v) is 7.69. The molecule has 1 saturated heterocycles. The number of rotatable bonds is 6. The van der Waals surface area contributed by atoms with E-state index in [0.29, 0.717) is 23.0 Å². The number of nitrogens with zero attached hydrogens (tertiary/aromatic N) is 4. The summed E-state index contributed by atoms with van der Waals surface area (Å²) in [5.41, 5.74) is 5.00. The maximum absolute atomic E-state index is 11.8. The first-order chi connectivity index (χ1) is 16.3. The molecule has 0 radical (unpaired) electrons. The Balaban J connectivity index is 1.53. The lowest BCUT2D eigenvalue weighted by Crippen LogP contribution is -2.36. The highest BCUT2D eigenvalue weighted by Gasteiger charge is 2.24. The predicted molar refractivity (Wildman–Crippen MR) is 126 cm³/mol. The first-order valence-corrected chi connectivity index (χ1v) is 10.7. The number of aldehydes is 1. The number of nitrogens with one attached hydrogen (secondary N) is 2. The minimum Gasteiger partial charge on any atom is -0.480 e. The van der Waals surface area contributed by atoms with Crippen LogP contribution < -0.4 is 20.3 Å². The smallest absolute Gasteiger partial charge is 0.225 e. The molecule has 0 saturated carbocycles. The van der Waals surface area contributed by atoms with Crippen molar-refractivity contribution in [3.05, 3.63) is 60.2 Å². The monoisotopic (exact) mass is 444 g/mol. The van der Waals surface area contributed by atoms with Crippen molar-refractivity contribution in [1.82, 2.24) is 20.3 Å². The Labute approximate surface area is 191 Å². The summed E-state index contributed by atoms with van der Waals surface area (Å²) in [7, 11) is 1.56. The molecule has 0 bridgehead atoms. The molecule has 33 heavy (non-hydrogen) atoms. The van der Waals surface area contributed by atoms with E-state index >= 15 is 0 Å². The predicted octanol–water partition coefficient (Wildman–Crippen LogP) is 2.94. The third-order valence-corrected chi connectivity index (χ3v) is 5.73. The summed E-state index contributed by atoms with van der Waals surface area (Å²) in [5, 5.41) is 6.49. The van der Waals surface area contributed by atoms with Crippen molar-refractivity contribution in [3.8, 4) is 17.1 Å². The molecule has 2 aliphatic rings. The van der Waals surface area contributed by atoms with Gasteiger partial charge in [0.1, 0.15) is 24.5 Å². The van der Waals surface area contributed by atoms with E-state index in [1.54, 1.807) is 19.5 Å². The first kappa shape index (κ1) is 20.9. The Kier molecular flexibility index (Phi) is 5.86. The van der Waals surface area contributed by atoms with Gasteiger partial charge in [-0.3, -0.25) is 0 Å². The largest absolute Gasteiger partial charge is 0.480 e. The van der Waals surface area contributed by atoms with E-state index in [4.69, 9.17) is 14.5 Å². The molecule has 0 amide bonds. The molecule has 1 atom stereocenters. The van der Waals surface area contributed by atoms with Gasteiger partial charge in [0.25, 0.3) is 0 Å². The summed E-state index contributed by atoms with van der Waals surface area (Å²) in [4.78, 5) is 27.3. The van der Waals surface area contributed by atoms with Crippen LogP contribution in [-0.2, 0) is 9.53 Å². The number of pyridine rings is 1. The fourth-order valence-electron chi connectivity index (χ4n) is 4.08. The number of benzene rings is 1. The van der Waals surface area contributed by atoms with Gasteiger partial charge >= 0.3 is 0 Å². The van der Waals surface area contributed by atoms with Gasteiger partial charge in [0.15, 0.2) is 0 Å². The van der Waals surface area contributed by atoms with Gasteiger partial charge in [0.05, 0.1) is 31.6 Å². The third kappa shape index (κ3) is 4.22. The Morgan fingerprint density at radius 2 is 2.06 bits per heavy atom. The molecule has 2 aliphatic heterocycles. The van der Waals surface area contributed by atoms with Crippen LogP contribution in [-0.4, -0.2) is 54.7 Å². The Morgan fingerprint density at radius 1 is 1.24 bits per heavy atom. The molecule has 0 spiro atoms. The van der Waals surface area contributed by atoms with Crippen LogP contribution in [0.4, 0.5) is 17.2 Å². The van der Waals surface area contributed by atoms with Gasteiger partial charge < -0.3 is 29.8 Å². The first-order valence-electron chi connectivity index (χ1n) is 10.7. The number of anilines is 3. The second-order valence-electron chi connectivity index (χ2n) is 7.69. The van der Waals surface area contributed by atoms with Crippen molar-refractivity contribution in [2.75, 3.05) is 43.6 Å². The summed E-state index contributed by atoms with van der Waals surface area (Å²) in [6.07, 6.45) is 7.67. The molecule has 3 aromatic rings. The van der Waals surface area contributed by atoms with Crippen LogP contribution in [0.25, 0.3) is 17.3 Å². The zero-order valence-corrected chi connectivity index (χ0v) is 18.2. The molecule has 0 aliphatic carbocycles. The van der Waals surface area contributed by atoms with E-state index in [-0.39, 0.29) is 0 Å². The highest BCUT2D eigenvalue weighted by atomic mass is 16.5. The van der Waals surface area contributed by atoms with E-state index in [1.165, 1.54) is 6.33 Å². The number of fused-ring (bicyclic) bond motifs is 1. The maximum Gasteiger partial charge on any atom is 0.225 e. The number of morpholine rings is 1. The topological polar surface area (TPSA) is 102 Å². The lowest BCUT2D eigenvalue weighted by Gasteiger charge is -2.29. The summed E-state index contributed by atoms with van der Waals surface area (Å²) in [5.74, 6) is 1.02. The highest BCUT2D eigenvalue weighted by molar-refractivity contribution is 5.80. The fraction of sp³-hybridized carbons (Fsp3) is 0.250. The summed E-state index contributed by atoms with van der Waals surface area (Å²) >= 11 is 0. The fourth-order valence-corrected chi connectivity index (χ4v) is 4.08. The number of carbonyl (C=O) groups excluding carboxylic acids is 1. The average molecular weight is 444 g/mol. The number of methoxy groups -OCH3 is 1. The molecule has 1 aromatic carbocycles. The number of carbonyl (C=O) groups is 1. The lowest BCUT2D eigenvalue weighted by molar-refractivity contribution is -0.109. The van der Waals surface area contributed by atoms with Crippen molar-refractivity contribution in [1.29, 1.82) is 0 Å². The van der Waals surface area contributed by atoms with E-state index in [0.717, 1.165) is 55.1 Å². The number of ether oxygens (including phenoxy) is 2. The molecule has 5 rings (SSSR count). The molecule has 9 nitrogen and oxygen atoms in total. The summed E-state index contributed by atoms with van der Waals surface area (Å²) in [6, 6.07) is 9.59. The number of hydrogen-bond donors (Lipinski definition) is 2. The molecule has 4 heterocycles. The Hall–Kier alpha value is -3.98. The molecule has 1 fully saturated rings. The standard InChI is InChI=1S/C24H24N6O3/c1-32-24-19(13-25-15-27-24)20-12-16-6-7-26-21(14-31)22(16)23(29-20)28-17-2-4-18(5-3-17)30-8-10-33-11-9-30/h2-7,12-15,21,26H,8-11H2,1H3,(H,28,29). The Morgan fingerprint density at radius 3 is 2.82 bits per heavy atom. The Bertz CT molecular complexity index is 1180. The van der Waals surface area contributed by atoms with E-state index < -0.39 is 6.04 Å². The van der Waals surface area contributed by atoms with Gasteiger partial charge in [0, 0.05) is 36.2 Å². The van der Waals surface area contributed by atoms with Crippen LogP contribution in [0.15, 0.2) is 49.1 Å². The number of aromatic nitrogens is 3. The molecule has 9 heteroatoms. The highest BCUT2D eigenvalue weighted by Crippen LogP contribution is 2.36. The van der Waals surface area contributed by atoms with Crippen molar-refractivity contribution in [2.45, 2.75) is 6.04 Å². The molecule has 168 valence electrons. The maximum atomic E-state index is 11.8. The van der Waals surface area contributed by atoms with Crippen molar-refractivity contribution >= 4 is 29.6 Å². The van der Waals surface area contributed by atoms with Crippen LogP contribution in [0.3, 0.4) is 0 Å². The normalized spacial score (nSPS) is 17.1. The zero-order chi connectivity index (χ0) is 22.6.